The summed E-state index contributed by atoms with van der Waals surface area (Å²) in [4.78, 5) is 32.4. The van der Waals surface area contributed by atoms with Crippen molar-refractivity contribution in [2.75, 3.05) is 19.6 Å². The van der Waals surface area contributed by atoms with Crippen LogP contribution in [0.15, 0.2) is 48.9 Å². The Bertz CT molecular complexity index is 1770. The monoisotopic (exact) mass is 569 g/mol. The van der Waals surface area contributed by atoms with Crippen LogP contribution in [0.4, 0.5) is 26.7 Å². The van der Waals surface area contributed by atoms with E-state index in [-0.39, 0.29) is 25.4 Å². The number of nitrogens with zero attached hydrogens (tertiary/aromatic N) is 5. The molecule has 3 aliphatic rings. The molecule has 12 heteroatoms. The molecule has 41 heavy (non-hydrogen) atoms. The molecule has 0 saturated carbocycles. The third-order valence-electron chi connectivity index (χ3n) is 8.07. The smallest absolute Gasteiger partial charge is 0.320 e. The molecule has 2 amide bonds. The molecule has 7 nitrogen and oxygen atoms in total. The highest BCUT2D eigenvalue weighted by molar-refractivity contribution is 6.31. The fourth-order valence-corrected chi connectivity index (χ4v) is 6.48. The first-order valence-corrected chi connectivity index (χ1v) is 13.3. The van der Waals surface area contributed by atoms with Crippen molar-refractivity contribution < 1.29 is 31.5 Å². The topological polar surface area (TPSA) is 62.9 Å². The lowest BCUT2D eigenvalue weighted by molar-refractivity contribution is -0.162. The number of urea groups is 1. The van der Waals surface area contributed by atoms with E-state index in [0.717, 1.165) is 5.57 Å². The first-order valence-electron chi connectivity index (χ1n) is 13.3. The summed E-state index contributed by atoms with van der Waals surface area (Å²) in [5.41, 5.74) is 4.40. The Morgan fingerprint density at radius 2 is 1.76 bits per heavy atom. The Morgan fingerprint density at radius 3 is 2.54 bits per heavy atom. The second-order valence-corrected chi connectivity index (χ2v) is 11.0. The maximum Gasteiger partial charge on any atom is 0.320 e. The van der Waals surface area contributed by atoms with Gasteiger partial charge in [-0.3, -0.25) is 9.20 Å². The highest BCUT2D eigenvalue weighted by Gasteiger charge is 2.52. The summed E-state index contributed by atoms with van der Waals surface area (Å²) in [5, 5.41) is 0.557. The molecule has 3 aromatic heterocycles. The third kappa shape index (κ3) is 4.27. The van der Waals surface area contributed by atoms with Crippen molar-refractivity contribution in [1.82, 2.24) is 23.8 Å². The van der Waals surface area contributed by atoms with Gasteiger partial charge in [0.2, 0.25) is 0 Å². The number of pyridine rings is 1. The first kappa shape index (κ1) is 25.7. The Balaban J connectivity index is 1.29. The number of halogens is 5. The van der Waals surface area contributed by atoms with Crippen LogP contribution in [0, 0.1) is 5.82 Å². The number of carbonyl (C=O) groups excluding carboxylic acids is 2. The van der Waals surface area contributed by atoms with Crippen LogP contribution in [-0.4, -0.2) is 67.0 Å². The minimum absolute atomic E-state index is 0.0396. The number of piperidine rings is 1. The van der Waals surface area contributed by atoms with Crippen molar-refractivity contribution in [2.24, 2.45) is 0 Å². The van der Waals surface area contributed by atoms with Crippen LogP contribution in [0.5, 0.6) is 0 Å². The number of rotatable bonds is 2. The molecule has 2 aliphatic heterocycles. The van der Waals surface area contributed by atoms with E-state index in [1.54, 1.807) is 6.20 Å². The molecule has 1 fully saturated rings. The largest absolute Gasteiger partial charge is 0.345 e. The van der Waals surface area contributed by atoms with Gasteiger partial charge in [0.1, 0.15) is 11.5 Å². The average molecular weight is 570 g/mol. The number of likely N-dealkylation sites (tertiary alicyclic amines) is 1. The van der Waals surface area contributed by atoms with Gasteiger partial charge in [-0.05, 0) is 41.8 Å². The van der Waals surface area contributed by atoms with Crippen LogP contribution in [0.25, 0.3) is 27.7 Å². The number of carbonyl (C=O) groups is 2. The van der Waals surface area contributed by atoms with Gasteiger partial charge >= 0.3 is 6.03 Å². The third-order valence-corrected chi connectivity index (χ3v) is 8.07. The molecule has 0 atom stereocenters. The Morgan fingerprint density at radius 1 is 0.976 bits per heavy atom. The molecule has 5 heterocycles. The molecule has 7 rings (SSSR count). The van der Waals surface area contributed by atoms with Gasteiger partial charge in [0.25, 0.3) is 11.8 Å². The molecule has 1 aliphatic carbocycles. The van der Waals surface area contributed by atoms with Crippen LogP contribution in [0.1, 0.15) is 36.1 Å². The predicted molar refractivity (Wildman–Crippen MR) is 140 cm³/mol. The minimum atomic E-state index is -3.71. The lowest BCUT2D eigenvalue weighted by Gasteiger charge is -2.39. The van der Waals surface area contributed by atoms with Crippen molar-refractivity contribution in [3.8, 4) is 0 Å². The van der Waals surface area contributed by atoms with E-state index in [1.165, 1.54) is 17.0 Å². The summed E-state index contributed by atoms with van der Waals surface area (Å²) < 4.78 is 74.8. The summed E-state index contributed by atoms with van der Waals surface area (Å²) >= 11 is 0. The number of ketones is 1. The zero-order valence-corrected chi connectivity index (χ0v) is 21.7. The van der Waals surface area contributed by atoms with E-state index in [9.17, 15) is 27.2 Å². The van der Waals surface area contributed by atoms with E-state index in [2.05, 4.69) is 4.98 Å². The lowest BCUT2D eigenvalue weighted by Crippen LogP contribution is -2.57. The van der Waals surface area contributed by atoms with Gasteiger partial charge in [-0.2, -0.15) is 0 Å². The summed E-state index contributed by atoms with van der Waals surface area (Å²) in [7, 11) is 0. The number of benzene rings is 1. The Hall–Kier alpha value is -4.22. The van der Waals surface area contributed by atoms with Crippen molar-refractivity contribution in [2.45, 2.75) is 44.2 Å². The molecule has 0 bridgehead atoms. The number of aromatic nitrogens is 3. The molecular weight excluding hydrogens is 545 g/mol. The molecule has 4 aromatic rings. The number of hydrogen-bond acceptors (Lipinski definition) is 3. The van der Waals surface area contributed by atoms with Crippen molar-refractivity contribution in [3.63, 3.8) is 0 Å². The summed E-state index contributed by atoms with van der Waals surface area (Å²) in [6, 6.07) is 7.25. The number of fused-ring (bicyclic) bond motifs is 1. The number of allylic oxidation sites excluding steroid dienone is 2. The summed E-state index contributed by atoms with van der Waals surface area (Å²) in [5.74, 6) is -8.03. The zero-order valence-electron chi connectivity index (χ0n) is 21.7. The van der Waals surface area contributed by atoms with Crippen molar-refractivity contribution >= 4 is 39.5 Å². The maximum absolute atomic E-state index is 15.0. The SMILES string of the molecule is O=C1CCC(c2cn3c4c(cc(F)cc24)CN(C(=O)N2CC(F)(F)CC(F)(F)C2)CC3)=C1c1cnc2ccccn12. The highest BCUT2D eigenvalue weighted by atomic mass is 19.3. The van der Waals surface area contributed by atoms with Gasteiger partial charge < -0.3 is 14.4 Å². The van der Waals surface area contributed by atoms with E-state index >= 15 is 4.39 Å². The van der Waals surface area contributed by atoms with Crippen LogP contribution in [0.2, 0.25) is 0 Å². The molecule has 0 radical (unpaired) electrons. The molecule has 212 valence electrons. The number of alkyl halides is 4. The van der Waals surface area contributed by atoms with Crippen molar-refractivity contribution in [1.29, 1.82) is 0 Å². The summed E-state index contributed by atoms with van der Waals surface area (Å²) in [6.45, 7) is -2.05. The van der Waals surface area contributed by atoms with E-state index in [0.29, 0.717) is 56.7 Å². The van der Waals surface area contributed by atoms with Crippen LogP contribution in [0.3, 0.4) is 0 Å². The van der Waals surface area contributed by atoms with Gasteiger partial charge in [-0.25, -0.2) is 31.7 Å². The number of imidazole rings is 1. The van der Waals surface area contributed by atoms with Crippen LogP contribution < -0.4 is 0 Å². The molecule has 0 spiro atoms. The van der Waals surface area contributed by atoms with Crippen LogP contribution in [-0.2, 0) is 17.9 Å². The number of hydrogen-bond donors (Lipinski definition) is 0. The van der Waals surface area contributed by atoms with E-state index in [4.69, 9.17) is 0 Å². The second-order valence-electron chi connectivity index (χ2n) is 11.0. The highest BCUT2D eigenvalue weighted by Crippen LogP contribution is 2.43. The minimum Gasteiger partial charge on any atom is -0.345 e. The number of amides is 2. The molecule has 1 saturated heterocycles. The second kappa shape index (κ2) is 8.89. The van der Waals surface area contributed by atoms with E-state index < -0.39 is 43.2 Å². The molecule has 1 aromatic carbocycles. The maximum atomic E-state index is 15.0. The fraction of sp³-hybridized carbons (Fsp3) is 0.345. The van der Waals surface area contributed by atoms with Gasteiger partial charge in [0.05, 0.1) is 36.9 Å². The van der Waals surface area contributed by atoms with Crippen LogP contribution >= 0.6 is 0 Å². The quantitative estimate of drug-likeness (QED) is 0.295. The molecule has 0 unspecified atom stereocenters. The zero-order chi connectivity index (χ0) is 28.7. The van der Waals surface area contributed by atoms with Crippen molar-refractivity contribution in [3.05, 3.63) is 71.6 Å². The Kier molecular flexibility index (Phi) is 5.58. The number of Topliss-reactive ketones (excluding diaryl/α,β-unsaturated/α-hetero) is 1. The normalized spacial score (nSPS) is 20.4. The van der Waals surface area contributed by atoms with E-state index in [1.807, 2.05) is 39.6 Å². The Labute approximate surface area is 230 Å². The van der Waals surface area contributed by atoms with Gasteiger partial charge in [-0.1, -0.05) is 6.07 Å². The first-order chi connectivity index (χ1) is 19.5. The molecular formula is C29H24F5N5O2. The standard InChI is InChI=1S/C29H24F5N5O2/c30-18-9-17-12-37(27(41)38-15-28(31,32)14-29(33,34)16-38)8-7-36-13-21(20(10-18)26(17)36)19-4-5-23(40)25(19)22-11-35-24-3-1-2-6-39(22)24/h1-3,6,9-11,13H,4-5,7-8,12,14-16H2. The van der Waals surface area contributed by atoms with Gasteiger partial charge in [0, 0.05) is 55.0 Å². The summed E-state index contributed by atoms with van der Waals surface area (Å²) in [6.07, 6.45) is 4.46. The fourth-order valence-electron chi connectivity index (χ4n) is 6.48. The average Bonchev–Trinajstić information content (AvgIpc) is 3.55. The molecule has 0 N–H and O–H groups in total. The van der Waals surface area contributed by atoms with Gasteiger partial charge in [-0.15, -0.1) is 0 Å². The lowest BCUT2D eigenvalue weighted by atomic mass is 9.98. The van der Waals surface area contributed by atoms with Gasteiger partial charge in [0.15, 0.2) is 5.78 Å². The predicted octanol–water partition coefficient (Wildman–Crippen LogP) is 5.61.